The van der Waals surface area contributed by atoms with Gasteiger partial charge in [0.1, 0.15) is 0 Å². The lowest BCUT2D eigenvalue weighted by atomic mass is 10.1. The van der Waals surface area contributed by atoms with Crippen molar-refractivity contribution >= 4 is 12.4 Å². The second-order valence-corrected chi connectivity index (χ2v) is 6.52. The Kier molecular flexibility index (Phi) is 5.83. The van der Waals surface area contributed by atoms with Crippen molar-refractivity contribution in [3.63, 3.8) is 0 Å². The Labute approximate surface area is 154 Å². The number of H-pyrrole nitrogens is 1. The normalized spacial score (nSPS) is 19.2. The van der Waals surface area contributed by atoms with Gasteiger partial charge in [0.2, 0.25) is 6.79 Å². The van der Waals surface area contributed by atoms with E-state index in [0.717, 1.165) is 48.3 Å². The van der Waals surface area contributed by atoms with Crippen LogP contribution < -0.4 is 14.8 Å². The molecule has 6 nitrogen and oxygen atoms in total. The molecule has 1 fully saturated rings. The molecule has 1 unspecified atom stereocenters. The molecule has 0 bridgehead atoms. The van der Waals surface area contributed by atoms with Crippen LogP contribution in [0, 0.1) is 5.92 Å². The number of aromatic nitrogens is 2. The molecule has 0 spiro atoms. The van der Waals surface area contributed by atoms with E-state index >= 15 is 0 Å². The highest BCUT2D eigenvalue weighted by Crippen LogP contribution is 2.36. The molecule has 1 aromatic heterocycles. The van der Waals surface area contributed by atoms with Gasteiger partial charge in [0.25, 0.3) is 0 Å². The largest absolute Gasteiger partial charge is 0.454 e. The van der Waals surface area contributed by atoms with Crippen molar-refractivity contribution in [1.82, 2.24) is 20.4 Å². The molecule has 0 saturated carbocycles. The number of hydrogen-bond acceptors (Lipinski definition) is 5. The second-order valence-electron chi connectivity index (χ2n) is 6.52. The molecular formula is C18H25ClN4O2. The van der Waals surface area contributed by atoms with E-state index in [2.05, 4.69) is 27.3 Å². The fraction of sp³-hybridized carbons (Fsp3) is 0.500. The number of fused-ring (bicyclic) bond motifs is 1. The molecule has 7 heteroatoms. The summed E-state index contributed by atoms with van der Waals surface area (Å²) in [5, 5.41) is 10.9. The lowest BCUT2D eigenvalue weighted by Gasteiger charge is -2.13. The van der Waals surface area contributed by atoms with E-state index in [4.69, 9.17) is 9.47 Å². The fourth-order valence-corrected chi connectivity index (χ4v) is 3.52. The monoisotopic (exact) mass is 364 g/mol. The highest BCUT2D eigenvalue weighted by atomic mass is 35.5. The van der Waals surface area contributed by atoms with Gasteiger partial charge in [-0.15, -0.1) is 12.4 Å². The van der Waals surface area contributed by atoms with E-state index in [9.17, 15) is 0 Å². The number of halogens is 1. The van der Waals surface area contributed by atoms with Gasteiger partial charge in [-0.05, 0) is 50.2 Å². The Morgan fingerprint density at radius 1 is 1.32 bits per heavy atom. The van der Waals surface area contributed by atoms with Crippen LogP contribution in [0.25, 0.3) is 11.3 Å². The number of aromatic amines is 1. The Balaban J connectivity index is 0.00000182. The Bertz CT molecular complexity index is 706. The number of hydrogen-bond donors (Lipinski definition) is 2. The maximum Gasteiger partial charge on any atom is 0.231 e. The van der Waals surface area contributed by atoms with Crippen LogP contribution in [0.2, 0.25) is 0 Å². The fourth-order valence-electron chi connectivity index (χ4n) is 3.52. The van der Waals surface area contributed by atoms with E-state index in [1.807, 2.05) is 24.4 Å². The van der Waals surface area contributed by atoms with Crippen LogP contribution in [0.5, 0.6) is 11.5 Å². The number of nitrogens with one attached hydrogen (secondary N) is 2. The zero-order valence-electron chi connectivity index (χ0n) is 14.5. The van der Waals surface area contributed by atoms with Crippen LogP contribution in [-0.4, -0.2) is 48.1 Å². The summed E-state index contributed by atoms with van der Waals surface area (Å²) in [5.74, 6) is 2.36. The Hall–Kier alpha value is -1.76. The summed E-state index contributed by atoms with van der Waals surface area (Å²) in [6, 6.07) is 6.00. The summed E-state index contributed by atoms with van der Waals surface area (Å²) in [6.45, 7) is 8.02. The topological polar surface area (TPSA) is 62.4 Å². The average molecular weight is 365 g/mol. The molecule has 1 atom stereocenters. The van der Waals surface area contributed by atoms with Crippen molar-refractivity contribution in [2.24, 2.45) is 5.92 Å². The number of benzene rings is 1. The summed E-state index contributed by atoms with van der Waals surface area (Å²) >= 11 is 0. The molecule has 3 heterocycles. The third-order valence-electron chi connectivity index (χ3n) is 4.94. The predicted molar refractivity (Wildman–Crippen MR) is 99.3 cm³/mol. The van der Waals surface area contributed by atoms with E-state index in [0.29, 0.717) is 6.79 Å². The predicted octanol–water partition coefficient (Wildman–Crippen LogP) is 2.66. The Morgan fingerprint density at radius 3 is 3.04 bits per heavy atom. The first-order chi connectivity index (χ1) is 11.8. The van der Waals surface area contributed by atoms with Gasteiger partial charge in [0, 0.05) is 24.2 Å². The summed E-state index contributed by atoms with van der Waals surface area (Å²) in [5.41, 5.74) is 3.30. The minimum absolute atomic E-state index is 0. The van der Waals surface area contributed by atoms with Crippen LogP contribution in [-0.2, 0) is 6.54 Å². The third-order valence-corrected chi connectivity index (χ3v) is 4.94. The molecule has 1 saturated heterocycles. The first kappa shape index (κ1) is 18.0. The molecule has 25 heavy (non-hydrogen) atoms. The standard InChI is InChI=1S/C18H24N4O2.ClH/c1-2-22-6-5-13(11-22)8-19-9-15-10-20-21-18(15)14-3-4-16-17(7-14)24-12-23-16;/h3-4,7,10,13,19H,2,5-6,8-9,11-12H2,1H3,(H,20,21);1H. The minimum Gasteiger partial charge on any atom is -0.454 e. The van der Waals surface area contributed by atoms with E-state index in [-0.39, 0.29) is 12.4 Å². The maximum atomic E-state index is 5.47. The van der Waals surface area contributed by atoms with E-state index < -0.39 is 0 Å². The molecule has 1 aromatic carbocycles. The average Bonchev–Trinajstić information content (AvgIpc) is 3.34. The summed E-state index contributed by atoms with van der Waals surface area (Å²) in [4.78, 5) is 2.52. The van der Waals surface area contributed by atoms with Crippen molar-refractivity contribution in [3.05, 3.63) is 30.0 Å². The smallest absolute Gasteiger partial charge is 0.231 e. The third kappa shape index (κ3) is 3.92. The molecule has 0 aliphatic carbocycles. The van der Waals surface area contributed by atoms with Crippen molar-refractivity contribution in [3.8, 4) is 22.8 Å². The molecule has 2 aromatic rings. The molecule has 0 amide bonds. The van der Waals surface area contributed by atoms with Crippen LogP contribution in [0.3, 0.4) is 0 Å². The number of nitrogens with zero attached hydrogens (tertiary/aromatic N) is 2. The lowest BCUT2D eigenvalue weighted by molar-refractivity contribution is 0.174. The first-order valence-corrected chi connectivity index (χ1v) is 8.69. The van der Waals surface area contributed by atoms with Crippen LogP contribution in [0.4, 0.5) is 0 Å². The van der Waals surface area contributed by atoms with Gasteiger partial charge in [-0.2, -0.15) is 5.10 Å². The minimum atomic E-state index is 0. The molecule has 136 valence electrons. The second kappa shape index (κ2) is 8.08. The van der Waals surface area contributed by atoms with Gasteiger partial charge >= 0.3 is 0 Å². The van der Waals surface area contributed by atoms with Crippen LogP contribution in [0.15, 0.2) is 24.4 Å². The molecular weight excluding hydrogens is 340 g/mol. The van der Waals surface area contributed by atoms with Crippen molar-refractivity contribution in [2.45, 2.75) is 19.9 Å². The highest BCUT2D eigenvalue weighted by Gasteiger charge is 2.21. The van der Waals surface area contributed by atoms with Gasteiger partial charge < -0.3 is 19.7 Å². The number of ether oxygens (including phenoxy) is 2. The molecule has 2 aliphatic rings. The lowest BCUT2D eigenvalue weighted by Crippen LogP contribution is -2.26. The summed E-state index contributed by atoms with van der Waals surface area (Å²) in [7, 11) is 0. The van der Waals surface area contributed by atoms with Crippen molar-refractivity contribution in [2.75, 3.05) is 33.0 Å². The molecule has 0 radical (unpaired) electrons. The SMILES string of the molecule is CCN1CCC(CNCc2cn[nH]c2-c2ccc3c(c2)OCO3)C1.Cl. The van der Waals surface area contributed by atoms with E-state index in [1.54, 1.807) is 0 Å². The van der Waals surface area contributed by atoms with E-state index in [1.165, 1.54) is 25.1 Å². The summed E-state index contributed by atoms with van der Waals surface area (Å²) < 4.78 is 10.8. The number of rotatable bonds is 6. The van der Waals surface area contributed by atoms with Crippen LogP contribution >= 0.6 is 12.4 Å². The molecule has 4 rings (SSSR count). The van der Waals surface area contributed by atoms with Gasteiger partial charge in [0.15, 0.2) is 11.5 Å². The van der Waals surface area contributed by atoms with Crippen molar-refractivity contribution in [1.29, 1.82) is 0 Å². The summed E-state index contributed by atoms with van der Waals surface area (Å²) in [6.07, 6.45) is 3.20. The number of likely N-dealkylation sites (tertiary alicyclic amines) is 1. The first-order valence-electron chi connectivity index (χ1n) is 8.69. The van der Waals surface area contributed by atoms with Crippen molar-refractivity contribution < 1.29 is 9.47 Å². The maximum absolute atomic E-state index is 5.47. The highest BCUT2D eigenvalue weighted by molar-refractivity contribution is 5.85. The zero-order chi connectivity index (χ0) is 16.4. The molecule has 2 aliphatic heterocycles. The van der Waals surface area contributed by atoms with Crippen LogP contribution in [0.1, 0.15) is 18.9 Å². The van der Waals surface area contributed by atoms with Gasteiger partial charge in [-0.1, -0.05) is 6.92 Å². The zero-order valence-corrected chi connectivity index (χ0v) is 15.3. The Morgan fingerprint density at radius 2 is 2.20 bits per heavy atom. The van der Waals surface area contributed by atoms with Gasteiger partial charge in [-0.25, -0.2) is 0 Å². The van der Waals surface area contributed by atoms with Gasteiger partial charge in [-0.3, -0.25) is 5.10 Å². The quantitative estimate of drug-likeness (QED) is 0.825. The van der Waals surface area contributed by atoms with Gasteiger partial charge in [0.05, 0.1) is 11.9 Å². The molecule has 2 N–H and O–H groups in total.